The maximum atomic E-state index is 13.8. The number of benzene rings is 2. The summed E-state index contributed by atoms with van der Waals surface area (Å²) in [4.78, 5) is 0. The predicted molar refractivity (Wildman–Crippen MR) is 72.6 cm³/mol. The van der Waals surface area contributed by atoms with Crippen LogP contribution in [-0.4, -0.2) is 6.10 Å². The van der Waals surface area contributed by atoms with Gasteiger partial charge in [-0.05, 0) is 24.1 Å². The van der Waals surface area contributed by atoms with E-state index in [1.807, 2.05) is 6.92 Å². The molecule has 3 rings (SSSR count). The van der Waals surface area contributed by atoms with Crippen molar-refractivity contribution in [3.05, 3.63) is 64.5 Å². The van der Waals surface area contributed by atoms with Gasteiger partial charge in [0, 0.05) is 24.1 Å². The fourth-order valence-electron chi connectivity index (χ4n) is 2.65. The van der Waals surface area contributed by atoms with Crippen molar-refractivity contribution in [2.24, 2.45) is 5.73 Å². The van der Waals surface area contributed by atoms with E-state index >= 15 is 0 Å². The van der Waals surface area contributed by atoms with Crippen molar-refractivity contribution >= 4 is 0 Å². The summed E-state index contributed by atoms with van der Waals surface area (Å²) in [5, 5.41) is 0. The predicted octanol–water partition coefficient (Wildman–Crippen LogP) is 3.48. The van der Waals surface area contributed by atoms with E-state index in [4.69, 9.17) is 10.5 Å². The lowest BCUT2D eigenvalue weighted by atomic mass is 9.96. The van der Waals surface area contributed by atoms with Crippen molar-refractivity contribution in [1.82, 2.24) is 0 Å². The van der Waals surface area contributed by atoms with E-state index in [2.05, 4.69) is 0 Å². The molecule has 2 unspecified atom stereocenters. The first kappa shape index (κ1) is 13.9. The first-order valence-electron chi connectivity index (χ1n) is 6.65. The summed E-state index contributed by atoms with van der Waals surface area (Å²) in [6, 6.07) is 5.48. The SMILES string of the molecule is CC1Cc2cc(C(N)c3c(F)cc(F)cc3F)ccc2O1. The Balaban J connectivity index is 2.00. The Morgan fingerprint density at radius 3 is 2.48 bits per heavy atom. The highest BCUT2D eigenvalue weighted by atomic mass is 19.1. The maximum Gasteiger partial charge on any atom is 0.134 e. The molecule has 0 aliphatic carbocycles. The molecule has 0 spiro atoms. The Morgan fingerprint density at radius 1 is 1.14 bits per heavy atom. The fourth-order valence-corrected chi connectivity index (χ4v) is 2.65. The van der Waals surface area contributed by atoms with Gasteiger partial charge in [-0.3, -0.25) is 0 Å². The van der Waals surface area contributed by atoms with Crippen LogP contribution in [0, 0.1) is 17.5 Å². The van der Waals surface area contributed by atoms with Gasteiger partial charge in [0.05, 0.1) is 6.04 Å². The van der Waals surface area contributed by atoms with E-state index in [-0.39, 0.29) is 11.7 Å². The van der Waals surface area contributed by atoms with Crippen LogP contribution in [0.15, 0.2) is 30.3 Å². The molecule has 2 nitrogen and oxygen atoms in total. The Hall–Kier alpha value is -2.01. The van der Waals surface area contributed by atoms with Gasteiger partial charge in [-0.15, -0.1) is 0 Å². The van der Waals surface area contributed by atoms with Gasteiger partial charge >= 0.3 is 0 Å². The monoisotopic (exact) mass is 293 g/mol. The molecular weight excluding hydrogens is 279 g/mol. The third-order valence-corrected chi connectivity index (χ3v) is 3.63. The van der Waals surface area contributed by atoms with E-state index in [9.17, 15) is 13.2 Å². The third kappa shape index (κ3) is 2.49. The van der Waals surface area contributed by atoms with Gasteiger partial charge in [-0.1, -0.05) is 12.1 Å². The number of halogens is 3. The summed E-state index contributed by atoms with van der Waals surface area (Å²) in [5.74, 6) is -2.16. The number of hydrogen-bond acceptors (Lipinski definition) is 2. The van der Waals surface area contributed by atoms with Crippen LogP contribution in [0.2, 0.25) is 0 Å². The average molecular weight is 293 g/mol. The smallest absolute Gasteiger partial charge is 0.134 e. The molecule has 0 amide bonds. The summed E-state index contributed by atoms with van der Waals surface area (Å²) < 4.78 is 46.1. The molecule has 1 heterocycles. The minimum absolute atomic E-state index is 0.0748. The quantitative estimate of drug-likeness (QED) is 0.920. The largest absolute Gasteiger partial charge is 0.490 e. The van der Waals surface area contributed by atoms with Gasteiger partial charge in [0.25, 0.3) is 0 Å². The molecule has 5 heteroatoms. The van der Waals surface area contributed by atoms with Gasteiger partial charge in [-0.2, -0.15) is 0 Å². The fraction of sp³-hybridized carbons (Fsp3) is 0.250. The highest BCUT2D eigenvalue weighted by Gasteiger charge is 2.23. The molecule has 1 aliphatic heterocycles. The third-order valence-electron chi connectivity index (χ3n) is 3.63. The van der Waals surface area contributed by atoms with E-state index in [1.54, 1.807) is 18.2 Å². The van der Waals surface area contributed by atoms with Gasteiger partial charge in [0.2, 0.25) is 0 Å². The minimum atomic E-state index is -0.994. The zero-order valence-electron chi connectivity index (χ0n) is 11.4. The van der Waals surface area contributed by atoms with Crippen LogP contribution >= 0.6 is 0 Å². The number of ether oxygens (including phenoxy) is 1. The molecule has 0 bridgehead atoms. The molecule has 110 valence electrons. The van der Waals surface area contributed by atoms with E-state index < -0.39 is 23.5 Å². The summed E-state index contributed by atoms with van der Waals surface area (Å²) in [5.41, 5.74) is 7.15. The minimum Gasteiger partial charge on any atom is -0.490 e. The first-order chi connectivity index (χ1) is 9.95. The molecule has 2 aromatic rings. The van der Waals surface area contributed by atoms with E-state index in [0.717, 1.165) is 17.7 Å². The van der Waals surface area contributed by atoms with Gasteiger partial charge in [0.1, 0.15) is 29.3 Å². The Bertz CT molecular complexity index is 679. The molecule has 0 fully saturated rings. The number of hydrogen-bond donors (Lipinski definition) is 1. The van der Waals surface area contributed by atoms with Crippen molar-refractivity contribution in [3.63, 3.8) is 0 Å². The van der Waals surface area contributed by atoms with Crippen molar-refractivity contribution in [3.8, 4) is 5.75 Å². The Labute approximate surface area is 120 Å². The highest BCUT2D eigenvalue weighted by molar-refractivity contribution is 5.44. The standard InChI is InChI=1S/C16H14F3NO/c1-8-4-10-5-9(2-3-14(10)21-8)16(20)15-12(18)6-11(17)7-13(15)19/h2-3,5-8,16H,4,20H2,1H3. The lowest BCUT2D eigenvalue weighted by Crippen LogP contribution is -2.16. The van der Waals surface area contributed by atoms with Gasteiger partial charge in [0.15, 0.2) is 0 Å². The summed E-state index contributed by atoms with van der Waals surface area (Å²) in [6.07, 6.45) is 0.801. The second-order valence-corrected chi connectivity index (χ2v) is 5.26. The molecule has 0 saturated carbocycles. The van der Waals surface area contributed by atoms with Crippen molar-refractivity contribution in [2.75, 3.05) is 0 Å². The number of rotatable bonds is 2. The Kier molecular flexibility index (Phi) is 3.37. The van der Waals surface area contributed by atoms with Crippen LogP contribution in [0.25, 0.3) is 0 Å². The maximum absolute atomic E-state index is 13.8. The van der Waals surface area contributed by atoms with Crippen LogP contribution in [0.3, 0.4) is 0 Å². The number of nitrogens with two attached hydrogens (primary N) is 1. The molecule has 21 heavy (non-hydrogen) atoms. The van der Waals surface area contributed by atoms with Crippen LogP contribution in [0.5, 0.6) is 5.75 Å². The molecular formula is C16H14F3NO. The lowest BCUT2D eigenvalue weighted by Gasteiger charge is -2.15. The molecule has 2 aromatic carbocycles. The molecule has 0 aromatic heterocycles. The van der Waals surface area contributed by atoms with Crippen LogP contribution in [0.4, 0.5) is 13.2 Å². The van der Waals surface area contributed by atoms with Crippen LogP contribution in [0.1, 0.15) is 29.7 Å². The zero-order valence-corrected chi connectivity index (χ0v) is 11.4. The van der Waals surface area contributed by atoms with Crippen LogP contribution in [-0.2, 0) is 6.42 Å². The van der Waals surface area contributed by atoms with E-state index in [1.165, 1.54) is 0 Å². The number of fused-ring (bicyclic) bond motifs is 1. The molecule has 1 aliphatic rings. The Morgan fingerprint density at radius 2 is 1.81 bits per heavy atom. The van der Waals surface area contributed by atoms with Crippen LogP contribution < -0.4 is 10.5 Å². The molecule has 2 N–H and O–H groups in total. The molecule has 2 atom stereocenters. The first-order valence-corrected chi connectivity index (χ1v) is 6.65. The normalized spacial score (nSPS) is 18.2. The summed E-state index contributed by atoms with van der Waals surface area (Å²) in [7, 11) is 0. The average Bonchev–Trinajstić information content (AvgIpc) is 2.76. The summed E-state index contributed by atoms with van der Waals surface area (Å²) in [6.45, 7) is 1.94. The second kappa shape index (κ2) is 5.07. The van der Waals surface area contributed by atoms with Crippen molar-refractivity contribution in [2.45, 2.75) is 25.5 Å². The zero-order chi connectivity index (χ0) is 15.1. The second-order valence-electron chi connectivity index (χ2n) is 5.26. The van der Waals surface area contributed by atoms with Crippen molar-refractivity contribution in [1.29, 1.82) is 0 Å². The van der Waals surface area contributed by atoms with E-state index in [0.29, 0.717) is 17.7 Å². The molecule has 0 radical (unpaired) electrons. The topological polar surface area (TPSA) is 35.2 Å². The summed E-state index contributed by atoms with van der Waals surface area (Å²) >= 11 is 0. The van der Waals surface area contributed by atoms with Crippen molar-refractivity contribution < 1.29 is 17.9 Å². The van der Waals surface area contributed by atoms with Gasteiger partial charge < -0.3 is 10.5 Å². The van der Waals surface area contributed by atoms with Gasteiger partial charge in [-0.25, -0.2) is 13.2 Å². The highest BCUT2D eigenvalue weighted by Crippen LogP contribution is 2.33. The lowest BCUT2D eigenvalue weighted by molar-refractivity contribution is 0.254. The molecule has 0 saturated heterocycles.